The Morgan fingerprint density at radius 2 is 2.03 bits per heavy atom. The van der Waals surface area contributed by atoms with E-state index in [1.165, 1.54) is 12.4 Å². The second kappa shape index (κ2) is 8.75. The largest absolute Gasteiger partial charge is 0.492 e. The molecule has 4 rings (SSSR count). The number of anilines is 1. The smallest absolute Gasteiger partial charge is 0.248 e. The van der Waals surface area contributed by atoms with Crippen molar-refractivity contribution in [3.63, 3.8) is 0 Å². The normalized spacial score (nSPS) is 11.0. The standard InChI is InChI=1S/C21H18N6O2/c28-21(9-8-17-13-23-19-6-1-2-7-20(19)25-17)26-16-4-3-5-18(12-16)29-11-10-27-15-22-14-24-27/h1-9,12-15H,10-11H2,(H,26,28). The summed E-state index contributed by atoms with van der Waals surface area (Å²) in [6.45, 7) is 1.04. The number of carbonyl (C=O) groups is 1. The van der Waals surface area contributed by atoms with E-state index in [2.05, 4.69) is 25.4 Å². The van der Waals surface area contributed by atoms with Crippen molar-refractivity contribution < 1.29 is 9.53 Å². The second-order valence-electron chi connectivity index (χ2n) is 6.14. The van der Waals surface area contributed by atoms with Gasteiger partial charge in [0.25, 0.3) is 0 Å². The lowest BCUT2D eigenvalue weighted by atomic mass is 10.2. The molecule has 8 heteroatoms. The molecular formula is C21H18N6O2. The average molecular weight is 386 g/mol. The van der Waals surface area contributed by atoms with Crippen molar-refractivity contribution in [2.45, 2.75) is 6.54 Å². The number of para-hydroxylation sites is 2. The molecule has 144 valence electrons. The van der Waals surface area contributed by atoms with Crippen LogP contribution in [0.25, 0.3) is 17.1 Å². The van der Waals surface area contributed by atoms with E-state index in [9.17, 15) is 4.79 Å². The van der Waals surface area contributed by atoms with Crippen LogP contribution >= 0.6 is 0 Å². The Kier molecular flexibility index (Phi) is 5.52. The van der Waals surface area contributed by atoms with Crippen molar-refractivity contribution in [3.05, 3.63) is 79.2 Å². The number of hydrogen-bond donors (Lipinski definition) is 1. The predicted molar refractivity (Wildman–Crippen MR) is 109 cm³/mol. The molecule has 0 fully saturated rings. The third-order valence-electron chi connectivity index (χ3n) is 4.03. The summed E-state index contributed by atoms with van der Waals surface area (Å²) < 4.78 is 7.38. The molecule has 2 aromatic carbocycles. The number of benzene rings is 2. The van der Waals surface area contributed by atoms with Gasteiger partial charge in [-0.1, -0.05) is 18.2 Å². The highest BCUT2D eigenvalue weighted by molar-refractivity contribution is 6.01. The van der Waals surface area contributed by atoms with Gasteiger partial charge in [0.05, 0.1) is 29.5 Å². The van der Waals surface area contributed by atoms with Gasteiger partial charge >= 0.3 is 0 Å². The molecular weight excluding hydrogens is 368 g/mol. The zero-order valence-corrected chi connectivity index (χ0v) is 15.5. The van der Waals surface area contributed by atoms with E-state index in [4.69, 9.17) is 4.74 Å². The Morgan fingerprint density at radius 1 is 1.14 bits per heavy atom. The maximum absolute atomic E-state index is 12.2. The average Bonchev–Trinajstić information content (AvgIpc) is 3.26. The minimum absolute atomic E-state index is 0.264. The lowest BCUT2D eigenvalue weighted by molar-refractivity contribution is -0.111. The van der Waals surface area contributed by atoms with Crippen molar-refractivity contribution >= 4 is 28.7 Å². The third kappa shape index (κ3) is 5.01. The summed E-state index contributed by atoms with van der Waals surface area (Å²) in [5.41, 5.74) is 2.85. The highest BCUT2D eigenvalue weighted by Crippen LogP contribution is 2.17. The summed E-state index contributed by atoms with van der Waals surface area (Å²) >= 11 is 0. The summed E-state index contributed by atoms with van der Waals surface area (Å²) in [7, 11) is 0. The van der Waals surface area contributed by atoms with E-state index >= 15 is 0 Å². The SMILES string of the molecule is O=C(C=Cc1cnc2ccccc2n1)Nc1cccc(OCCn2cncn2)c1. The van der Waals surface area contributed by atoms with E-state index in [1.807, 2.05) is 36.4 Å². The van der Waals surface area contributed by atoms with Crippen LogP contribution in [0.5, 0.6) is 5.75 Å². The van der Waals surface area contributed by atoms with E-state index in [0.717, 1.165) is 11.0 Å². The molecule has 1 N–H and O–H groups in total. The van der Waals surface area contributed by atoms with Gasteiger partial charge in [-0.3, -0.25) is 9.78 Å². The van der Waals surface area contributed by atoms with Crippen molar-refractivity contribution in [2.75, 3.05) is 11.9 Å². The number of nitrogens with one attached hydrogen (secondary N) is 1. The lowest BCUT2D eigenvalue weighted by Gasteiger charge is -2.08. The first-order valence-electron chi connectivity index (χ1n) is 9.02. The van der Waals surface area contributed by atoms with Gasteiger partial charge in [0.2, 0.25) is 5.91 Å². The number of rotatable bonds is 7. The number of fused-ring (bicyclic) bond motifs is 1. The van der Waals surface area contributed by atoms with E-state index in [-0.39, 0.29) is 5.91 Å². The van der Waals surface area contributed by atoms with Crippen LogP contribution in [-0.4, -0.2) is 37.2 Å². The van der Waals surface area contributed by atoms with Crippen molar-refractivity contribution in [1.29, 1.82) is 0 Å². The molecule has 8 nitrogen and oxygen atoms in total. The lowest BCUT2D eigenvalue weighted by Crippen LogP contribution is -2.10. The second-order valence-corrected chi connectivity index (χ2v) is 6.14. The Hall–Kier alpha value is -4.07. The van der Waals surface area contributed by atoms with Gasteiger partial charge < -0.3 is 10.1 Å². The monoisotopic (exact) mass is 386 g/mol. The van der Waals surface area contributed by atoms with E-state index < -0.39 is 0 Å². The van der Waals surface area contributed by atoms with Crippen LogP contribution in [0.2, 0.25) is 0 Å². The minimum Gasteiger partial charge on any atom is -0.492 e. The minimum atomic E-state index is -0.264. The van der Waals surface area contributed by atoms with Gasteiger partial charge in [-0.2, -0.15) is 5.10 Å². The molecule has 2 heterocycles. The Morgan fingerprint density at radius 3 is 2.90 bits per heavy atom. The van der Waals surface area contributed by atoms with Crippen molar-refractivity contribution in [1.82, 2.24) is 24.7 Å². The predicted octanol–water partition coefficient (Wildman–Crippen LogP) is 2.95. The number of amides is 1. The molecule has 0 aliphatic rings. The molecule has 1 amide bonds. The number of carbonyl (C=O) groups excluding carboxylic acids is 1. The first kappa shape index (κ1) is 18.3. The van der Waals surface area contributed by atoms with E-state index in [1.54, 1.807) is 35.4 Å². The van der Waals surface area contributed by atoms with Gasteiger partial charge in [0, 0.05) is 17.8 Å². The summed E-state index contributed by atoms with van der Waals surface area (Å²) in [4.78, 5) is 24.9. The van der Waals surface area contributed by atoms with Crippen LogP contribution < -0.4 is 10.1 Å². The molecule has 0 radical (unpaired) electrons. The molecule has 0 saturated carbocycles. The molecule has 0 unspecified atom stereocenters. The maximum Gasteiger partial charge on any atom is 0.248 e. The number of nitrogens with zero attached hydrogens (tertiary/aromatic N) is 5. The van der Waals surface area contributed by atoms with Crippen LogP contribution in [0.1, 0.15) is 5.69 Å². The zero-order valence-electron chi connectivity index (χ0n) is 15.5. The number of hydrogen-bond acceptors (Lipinski definition) is 6. The molecule has 0 aliphatic carbocycles. The quantitative estimate of drug-likeness (QED) is 0.491. The van der Waals surface area contributed by atoms with Gasteiger partial charge in [-0.05, 0) is 30.3 Å². The Balaban J connectivity index is 1.34. The molecule has 0 bridgehead atoms. The van der Waals surface area contributed by atoms with E-state index in [0.29, 0.717) is 30.3 Å². The van der Waals surface area contributed by atoms with Crippen LogP contribution in [0, 0.1) is 0 Å². The van der Waals surface area contributed by atoms with Crippen LogP contribution in [0.3, 0.4) is 0 Å². The molecule has 0 atom stereocenters. The number of ether oxygens (including phenoxy) is 1. The summed E-state index contributed by atoms with van der Waals surface area (Å²) in [6.07, 6.45) is 7.80. The Bertz CT molecular complexity index is 1140. The Labute approximate surface area is 166 Å². The summed E-state index contributed by atoms with van der Waals surface area (Å²) in [5.74, 6) is 0.395. The first-order valence-corrected chi connectivity index (χ1v) is 9.02. The fraction of sp³-hybridized carbons (Fsp3) is 0.0952. The zero-order chi connectivity index (χ0) is 19.9. The topological polar surface area (TPSA) is 94.8 Å². The highest BCUT2D eigenvalue weighted by Gasteiger charge is 2.02. The molecule has 2 aromatic heterocycles. The third-order valence-corrected chi connectivity index (χ3v) is 4.03. The molecule has 0 saturated heterocycles. The van der Waals surface area contributed by atoms with Crippen LogP contribution in [-0.2, 0) is 11.3 Å². The van der Waals surface area contributed by atoms with Crippen LogP contribution in [0.4, 0.5) is 5.69 Å². The molecule has 29 heavy (non-hydrogen) atoms. The van der Waals surface area contributed by atoms with Gasteiger partial charge in [-0.25, -0.2) is 14.6 Å². The van der Waals surface area contributed by atoms with Gasteiger partial charge in [0.1, 0.15) is 25.0 Å². The molecule has 4 aromatic rings. The molecule has 0 spiro atoms. The van der Waals surface area contributed by atoms with Crippen LogP contribution in [0.15, 0.2) is 73.5 Å². The van der Waals surface area contributed by atoms with Crippen molar-refractivity contribution in [3.8, 4) is 5.75 Å². The maximum atomic E-state index is 12.2. The summed E-state index contributed by atoms with van der Waals surface area (Å²) in [6, 6.07) is 14.8. The van der Waals surface area contributed by atoms with Gasteiger partial charge in [-0.15, -0.1) is 0 Å². The molecule has 0 aliphatic heterocycles. The summed E-state index contributed by atoms with van der Waals surface area (Å²) in [5, 5.41) is 6.83. The highest BCUT2D eigenvalue weighted by atomic mass is 16.5. The number of aromatic nitrogens is 5. The first-order chi connectivity index (χ1) is 14.3. The van der Waals surface area contributed by atoms with Gasteiger partial charge in [0.15, 0.2) is 0 Å². The fourth-order valence-electron chi connectivity index (χ4n) is 2.67. The fourth-order valence-corrected chi connectivity index (χ4v) is 2.67. The van der Waals surface area contributed by atoms with Crippen molar-refractivity contribution in [2.24, 2.45) is 0 Å².